The van der Waals surface area contributed by atoms with Gasteiger partial charge < -0.3 is 4.90 Å². The van der Waals surface area contributed by atoms with Crippen LogP contribution in [0.4, 0.5) is 4.39 Å². The van der Waals surface area contributed by atoms with Crippen LogP contribution in [0.15, 0.2) is 24.3 Å². The number of amides is 1. The standard InChI is InChI=1S/C16H22FNO/c1-3-4-12-18(2)15(19)16(10-5-11-16)13-6-8-14(17)9-7-13/h6-9H,3-5,10-12H2,1-2H3. The first-order valence-corrected chi connectivity index (χ1v) is 7.12. The van der Waals surface area contributed by atoms with Gasteiger partial charge in [-0.15, -0.1) is 0 Å². The van der Waals surface area contributed by atoms with Gasteiger partial charge in [-0.2, -0.15) is 0 Å². The summed E-state index contributed by atoms with van der Waals surface area (Å²) in [5, 5.41) is 0. The molecular formula is C16H22FNO. The minimum Gasteiger partial charge on any atom is -0.345 e. The summed E-state index contributed by atoms with van der Waals surface area (Å²) in [7, 11) is 1.88. The van der Waals surface area contributed by atoms with Crippen molar-refractivity contribution in [3.8, 4) is 0 Å². The van der Waals surface area contributed by atoms with Crippen molar-refractivity contribution in [2.24, 2.45) is 0 Å². The highest BCUT2D eigenvalue weighted by Gasteiger charge is 2.46. The highest BCUT2D eigenvalue weighted by atomic mass is 19.1. The number of hydrogen-bond acceptors (Lipinski definition) is 1. The Bertz CT molecular complexity index is 437. The van der Waals surface area contributed by atoms with E-state index in [9.17, 15) is 9.18 Å². The van der Waals surface area contributed by atoms with Crippen LogP contribution in [0.2, 0.25) is 0 Å². The maximum Gasteiger partial charge on any atom is 0.232 e. The van der Waals surface area contributed by atoms with Crippen LogP contribution in [-0.4, -0.2) is 24.4 Å². The molecule has 0 unspecified atom stereocenters. The zero-order valence-electron chi connectivity index (χ0n) is 11.8. The Morgan fingerprint density at radius 1 is 1.32 bits per heavy atom. The van der Waals surface area contributed by atoms with Gasteiger partial charge in [0.2, 0.25) is 5.91 Å². The van der Waals surface area contributed by atoms with Crippen molar-refractivity contribution in [3.05, 3.63) is 35.6 Å². The molecule has 1 aliphatic rings. The first-order chi connectivity index (χ1) is 9.10. The van der Waals surface area contributed by atoms with Gasteiger partial charge in [0.1, 0.15) is 5.82 Å². The van der Waals surface area contributed by atoms with E-state index < -0.39 is 5.41 Å². The minimum absolute atomic E-state index is 0.193. The van der Waals surface area contributed by atoms with Crippen LogP contribution in [0.1, 0.15) is 44.6 Å². The van der Waals surface area contributed by atoms with Crippen LogP contribution in [0.5, 0.6) is 0 Å². The van der Waals surface area contributed by atoms with Gasteiger partial charge in [0.25, 0.3) is 0 Å². The SMILES string of the molecule is CCCCN(C)C(=O)C1(c2ccc(F)cc2)CCC1. The second kappa shape index (κ2) is 5.72. The molecule has 0 bridgehead atoms. The van der Waals surface area contributed by atoms with Crippen molar-refractivity contribution in [3.63, 3.8) is 0 Å². The molecule has 1 fully saturated rings. The molecule has 1 saturated carbocycles. The third-order valence-corrected chi connectivity index (χ3v) is 4.21. The fourth-order valence-electron chi connectivity index (χ4n) is 2.79. The number of rotatable bonds is 5. The fourth-order valence-corrected chi connectivity index (χ4v) is 2.79. The molecule has 104 valence electrons. The zero-order valence-corrected chi connectivity index (χ0v) is 11.8. The number of carbonyl (C=O) groups is 1. The first kappa shape index (κ1) is 14.0. The summed E-state index contributed by atoms with van der Waals surface area (Å²) in [6, 6.07) is 6.43. The molecule has 1 aliphatic carbocycles. The van der Waals surface area contributed by atoms with Crippen molar-refractivity contribution < 1.29 is 9.18 Å². The summed E-state index contributed by atoms with van der Waals surface area (Å²) in [5.74, 6) is -0.0520. The molecule has 19 heavy (non-hydrogen) atoms. The Balaban J connectivity index is 2.18. The number of likely N-dealkylation sites (N-methyl/N-ethyl adjacent to an activating group) is 1. The van der Waals surface area contributed by atoms with Gasteiger partial charge in [-0.3, -0.25) is 4.79 Å². The van der Waals surface area contributed by atoms with E-state index in [0.717, 1.165) is 44.2 Å². The van der Waals surface area contributed by atoms with Crippen LogP contribution >= 0.6 is 0 Å². The first-order valence-electron chi connectivity index (χ1n) is 7.12. The molecule has 0 atom stereocenters. The Morgan fingerprint density at radius 3 is 2.42 bits per heavy atom. The molecule has 0 radical (unpaired) electrons. The van der Waals surface area contributed by atoms with Crippen LogP contribution < -0.4 is 0 Å². The normalized spacial score (nSPS) is 16.8. The average molecular weight is 263 g/mol. The van der Waals surface area contributed by atoms with Gasteiger partial charge in [-0.1, -0.05) is 31.9 Å². The summed E-state index contributed by atoms with van der Waals surface area (Å²) < 4.78 is 13.0. The number of halogens is 1. The molecule has 1 aromatic rings. The van der Waals surface area contributed by atoms with Gasteiger partial charge in [0.05, 0.1) is 5.41 Å². The van der Waals surface area contributed by atoms with Crippen molar-refractivity contribution in [2.75, 3.05) is 13.6 Å². The molecular weight excluding hydrogens is 241 g/mol. The van der Waals surface area contributed by atoms with E-state index in [1.165, 1.54) is 12.1 Å². The van der Waals surface area contributed by atoms with Crippen LogP contribution in [0.3, 0.4) is 0 Å². The van der Waals surface area contributed by atoms with Gasteiger partial charge >= 0.3 is 0 Å². The summed E-state index contributed by atoms with van der Waals surface area (Å²) in [4.78, 5) is 14.5. The lowest BCUT2D eigenvalue weighted by Gasteiger charge is -2.43. The molecule has 0 heterocycles. The third-order valence-electron chi connectivity index (χ3n) is 4.21. The lowest BCUT2D eigenvalue weighted by atomic mass is 9.63. The lowest BCUT2D eigenvalue weighted by molar-refractivity contribution is -0.139. The molecule has 2 rings (SSSR count). The van der Waals surface area contributed by atoms with E-state index in [0.29, 0.717) is 0 Å². The maximum absolute atomic E-state index is 13.0. The topological polar surface area (TPSA) is 20.3 Å². The van der Waals surface area contributed by atoms with Crippen molar-refractivity contribution in [2.45, 2.75) is 44.4 Å². The van der Waals surface area contributed by atoms with Crippen molar-refractivity contribution >= 4 is 5.91 Å². The predicted octanol–water partition coefficient (Wildman–Crippen LogP) is 3.51. The minimum atomic E-state index is -0.393. The summed E-state index contributed by atoms with van der Waals surface area (Å²) in [6.07, 6.45) is 4.95. The van der Waals surface area contributed by atoms with Crippen LogP contribution in [0, 0.1) is 5.82 Å². The molecule has 1 aromatic carbocycles. The smallest absolute Gasteiger partial charge is 0.232 e. The van der Waals surface area contributed by atoms with Crippen molar-refractivity contribution in [1.29, 1.82) is 0 Å². The molecule has 3 heteroatoms. The second-order valence-electron chi connectivity index (χ2n) is 5.52. The molecule has 1 amide bonds. The Kier molecular flexibility index (Phi) is 4.23. The fraction of sp³-hybridized carbons (Fsp3) is 0.562. The van der Waals surface area contributed by atoms with Gasteiger partial charge in [-0.05, 0) is 37.0 Å². The molecule has 0 spiro atoms. The summed E-state index contributed by atoms with van der Waals surface area (Å²) in [5.41, 5.74) is 0.574. The molecule has 0 N–H and O–H groups in total. The van der Waals surface area contributed by atoms with Gasteiger partial charge in [0.15, 0.2) is 0 Å². The summed E-state index contributed by atoms with van der Waals surface area (Å²) >= 11 is 0. The Labute approximate surface area is 114 Å². The highest BCUT2D eigenvalue weighted by molar-refractivity contribution is 5.89. The third kappa shape index (κ3) is 2.65. The number of carbonyl (C=O) groups excluding carboxylic acids is 1. The van der Waals surface area contributed by atoms with E-state index in [2.05, 4.69) is 6.92 Å². The molecule has 2 nitrogen and oxygen atoms in total. The van der Waals surface area contributed by atoms with E-state index in [1.54, 1.807) is 12.1 Å². The van der Waals surface area contributed by atoms with Crippen LogP contribution in [-0.2, 0) is 10.2 Å². The van der Waals surface area contributed by atoms with E-state index in [-0.39, 0.29) is 11.7 Å². The van der Waals surface area contributed by atoms with Crippen molar-refractivity contribution in [1.82, 2.24) is 4.90 Å². The number of unbranched alkanes of at least 4 members (excludes halogenated alkanes) is 1. The molecule has 0 aliphatic heterocycles. The predicted molar refractivity (Wildman–Crippen MR) is 74.5 cm³/mol. The van der Waals surface area contributed by atoms with E-state index >= 15 is 0 Å². The largest absolute Gasteiger partial charge is 0.345 e. The Hall–Kier alpha value is -1.38. The zero-order chi connectivity index (χ0) is 13.9. The highest BCUT2D eigenvalue weighted by Crippen LogP contribution is 2.45. The van der Waals surface area contributed by atoms with E-state index in [4.69, 9.17) is 0 Å². The van der Waals surface area contributed by atoms with E-state index in [1.807, 2.05) is 11.9 Å². The maximum atomic E-state index is 13.0. The van der Waals surface area contributed by atoms with Crippen LogP contribution in [0.25, 0.3) is 0 Å². The van der Waals surface area contributed by atoms with Gasteiger partial charge in [0, 0.05) is 13.6 Å². The molecule has 0 aromatic heterocycles. The number of benzene rings is 1. The number of nitrogens with zero attached hydrogens (tertiary/aromatic N) is 1. The second-order valence-corrected chi connectivity index (χ2v) is 5.52. The Morgan fingerprint density at radius 2 is 1.95 bits per heavy atom. The monoisotopic (exact) mass is 263 g/mol. The number of hydrogen-bond donors (Lipinski definition) is 0. The average Bonchev–Trinajstić information content (AvgIpc) is 2.36. The quantitative estimate of drug-likeness (QED) is 0.796. The van der Waals surface area contributed by atoms with Gasteiger partial charge in [-0.25, -0.2) is 4.39 Å². The summed E-state index contributed by atoms with van der Waals surface area (Å²) in [6.45, 7) is 2.93. The lowest BCUT2D eigenvalue weighted by Crippen LogP contribution is -2.50. The molecule has 0 saturated heterocycles.